The number of carbonyl (C=O) groups excluding carboxylic acids is 1. The van der Waals surface area contributed by atoms with Crippen LogP contribution in [0.25, 0.3) is 0 Å². The summed E-state index contributed by atoms with van der Waals surface area (Å²) in [5, 5.41) is 8.92. The van der Waals surface area contributed by atoms with Gasteiger partial charge >= 0.3 is 18.3 Å². The van der Waals surface area contributed by atoms with Gasteiger partial charge < -0.3 is 10.0 Å². The molecule has 132 valence electrons. The van der Waals surface area contributed by atoms with Gasteiger partial charge in [0, 0.05) is 13.1 Å². The highest BCUT2D eigenvalue weighted by molar-refractivity contribution is 5.96. The Morgan fingerprint density at radius 1 is 1.08 bits per heavy atom. The van der Waals surface area contributed by atoms with E-state index in [-0.39, 0.29) is 0 Å². The number of hydrogen-bond donors (Lipinski definition) is 1. The van der Waals surface area contributed by atoms with E-state index in [9.17, 15) is 35.9 Å². The summed E-state index contributed by atoms with van der Waals surface area (Å²) in [5.74, 6) is -3.44. The summed E-state index contributed by atoms with van der Waals surface area (Å²) in [5.41, 5.74) is -5.27. The lowest BCUT2D eigenvalue weighted by Crippen LogP contribution is -2.47. The first-order chi connectivity index (χ1) is 10.9. The van der Waals surface area contributed by atoms with Crippen LogP contribution in [0.15, 0.2) is 24.3 Å². The Kier molecular flexibility index (Phi) is 4.28. The maximum Gasteiger partial charge on any atom is 0.417 e. The van der Waals surface area contributed by atoms with E-state index in [0.717, 1.165) is 18.2 Å². The molecule has 0 saturated carbocycles. The van der Waals surface area contributed by atoms with E-state index in [0.29, 0.717) is 11.0 Å². The van der Waals surface area contributed by atoms with E-state index >= 15 is 0 Å². The van der Waals surface area contributed by atoms with Crippen LogP contribution < -0.4 is 0 Å². The van der Waals surface area contributed by atoms with Crippen LogP contribution in [0.2, 0.25) is 0 Å². The summed E-state index contributed by atoms with van der Waals surface area (Å²) in [6.07, 6.45) is -10.9. The van der Waals surface area contributed by atoms with Crippen LogP contribution in [-0.4, -0.2) is 41.1 Å². The van der Waals surface area contributed by atoms with Crippen molar-refractivity contribution in [3.63, 3.8) is 0 Å². The Balaban J connectivity index is 2.36. The van der Waals surface area contributed by atoms with Crippen molar-refractivity contribution in [3.8, 4) is 0 Å². The molecule has 1 atom stereocenters. The van der Waals surface area contributed by atoms with Crippen molar-refractivity contribution in [1.29, 1.82) is 0 Å². The first-order valence-electron chi connectivity index (χ1n) is 6.66. The quantitative estimate of drug-likeness (QED) is 0.829. The van der Waals surface area contributed by atoms with Crippen LogP contribution in [0.5, 0.6) is 0 Å². The van der Waals surface area contributed by atoms with E-state index < -0.39 is 60.3 Å². The van der Waals surface area contributed by atoms with Crippen molar-refractivity contribution in [2.75, 3.05) is 13.1 Å². The van der Waals surface area contributed by atoms with Crippen LogP contribution in [0.4, 0.5) is 26.3 Å². The van der Waals surface area contributed by atoms with Gasteiger partial charge in [0.2, 0.25) is 0 Å². The van der Waals surface area contributed by atoms with Crippen LogP contribution in [-0.2, 0) is 11.0 Å². The van der Waals surface area contributed by atoms with Gasteiger partial charge in [-0.1, -0.05) is 12.1 Å². The molecule has 1 aliphatic heterocycles. The third-order valence-electron chi connectivity index (χ3n) is 3.97. The minimum Gasteiger partial charge on any atom is -0.481 e. The van der Waals surface area contributed by atoms with Gasteiger partial charge in [-0.2, -0.15) is 26.3 Å². The largest absolute Gasteiger partial charge is 0.481 e. The van der Waals surface area contributed by atoms with Crippen LogP contribution in [0.1, 0.15) is 22.3 Å². The summed E-state index contributed by atoms with van der Waals surface area (Å²) < 4.78 is 78.0. The Morgan fingerprint density at radius 3 is 2.12 bits per heavy atom. The molecule has 0 aliphatic carbocycles. The molecule has 1 aromatic rings. The Morgan fingerprint density at radius 2 is 1.67 bits per heavy atom. The maximum absolute atomic E-state index is 13.1. The summed E-state index contributed by atoms with van der Waals surface area (Å²) in [6.45, 7) is -1.83. The molecule has 1 aliphatic rings. The predicted molar refractivity (Wildman–Crippen MR) is 68.1 cm³/mol. The van der Waals surface area contributed by atoms with Gasteiger partial charge in [-0.3, -0.25) is 9.59 Å². The summed E-state index contributed by atoms with van der Waals surface area (Å²) in [4.78, 5) is 23.8. The lowest BCUT2D eigenvalue weighted by molar-refractivity contribution is -0.227. The average molecular weight is 355 g/mol. The third-order valence-corrected chi connectivity index (χ3v) is 3.97. The molecule has 4 nitrogen and oxygen atoms in total. The van der Waals surface area contributed by atoms with Gasteiger partial charge in [0.15, 0.2) is 5.41 Å². The van der Waals surface area contributed by atoms with Gasteiger partial charge in [0.1, 0.15) is 0 Å². The fourth-order valence-corrected chi connectivity index (χ4v) is 2.60. The van der Waals surface area contributed by atoms with Gasteiger partial charge in [0.25, 0.3) is 5.91 Å². The Labute approximate surface area is 131 Å². The molecule has 10 heteroatoms. The lowest BCUT2D eigenvalue weighted by atomic mass is 9.86. The minimum atomic E-state index is -5.13. The molecule has 1 unspecified atom stereocenters. The number of alkyl halides is 6. The molecule has 1 heterocycles. The van der Waals surface area contributed by atoms with E-state index in [1.165, 1.54) is 0 Å². The number of hydrogen-bond acceptors (Lipinski definition) is 2. The average Bonchev–Trinajstić information content (AvgIpc) is 2.92. The normalized spacial score (nSPS) is 21.8. The molecule has 0 aromatic heterocycles. The predicted octanol–water partition coefficient (Wildman–Crippen LogP) is 3.18. The van der Waals surface area contributed by atoms with Crippen molar-refractivity contribution in [1.82, 2.24) is 4.90 Å². The number of benzene rings is 1. The van der Waals surface area contributed by atoms with Crippen molar-refractivity contribution in [2.45, 2.75) is 18.8 Å². The van der Waals surface area contributed by atoms with Crippen LogP contribution >= 0.6 is 0 Å². The van der Waals surface area contributed by atoms with Crippen molar-refractivity contribution in [3.05, 3.63) is 35.4 Å². The van der Waals surface area contributed by atoms with Gasteiger partial charge in [-0.05, 0) is 18.6 Å². The van der Waals surface area contributed by atoms with Gasteiger partial charge in [-0.15, -0.1) is 0 Å². The van der Waals surface area contributed by atoms with E-state index in [1.807, 2.05) is 0 Å². The fourth-order valence-electron chi connectivity index (χ4n) is 2.60. The second kappa shape index (κ2) is 5.67. The number of carboxylic acids is 1. The van der Waals surface area contributed by atoms with Crippen LogP contribution in [0, 0.1) is 5.41 Å². The first kappa shape index (κ1) is 18.1. The minimum absolute atomic E-state index is 0.492. The van der Waals surface area contributed by atoms with Crippen LogP contribution in [0.3, 0.4) is 0 Å². The number of carbonyl (C=O) groups is 2. The molecule has 1 aromatic carbocycles. The van der Waals surface area contributed by atoms with Crippen molar-refractivity contribution in [2.24, 2.45) is 5.41 Å². The zero-order chi connectivity index (χ0) is 18.3. The number of rotatable bonds is 2. The molecule has 0 spiro atoms. The number of halogens is 6. The molecular formula is C14H11F6NO3. The number of amides is 1. The number of carboxylic acid groups (broad SMARTS) is 1. The van der Waals surface area contributed by atoms with E-state index in [1.54, 1.807) is 0 Å². The molecule has 1 amide bonds. The molecule has 0 radical (unpaired) electrons. The van der Waals surface area contributed by atoms with Gasteiger partial charge in [-0.25, -0.2) is 0 Å². The standard InChI is InChI=1S/C14H11F6NO3/c15-13(16,17)9-4-2-1-3-8(9)10(22)21-6-5-12(7-21,11(23)24)14(18,19)20/h1-4H,5-7H2,(H,23,24). The molecule has 24 heavy (non-hydrogen) atoms. The molecule has 1 saturated heterocycles. The smallest absolute Gasteiger partial charge is 0.417 e. The number of aliphatic carboxylic acids is 1. The molecule has 1 N–H and O–H groups in total. The lowest BCUT2D eigenvalue weighted by Gasteiger charge is -2.27. The Bertz CT molecular complexity index is 669. The zero-order valence-electron chi connectivity index (χ0n) is 11.9. The second-order valence-electron chi connectivity index (χ2n) is 5.41. The molecular weight excluding hydrogens is 344 g/mol. The highest BCUT2D eigenvalue weighted by Gasteiger charge is 2.64. The maximum atomic E-state index is 13.1. The zero-order valence-corrected chi connectivity index (χ0v) is 11.9. The highest BCUT2D eigenvalue weighted by atomic mass is 19.4. The number of nitrogens with zero attached hydrogens (tertiary/aromatic N) is 1. The van der Waals surface area contributed by atoms with E-state index in [4.69, 9.17) is 5.11 Å². The summed E-state index contributed by atoms with van der Waals surface area (Å²) >= 11 is 0. The topological polar surface area (TPSA) is 57.6 Å². The first-order valence-corrected chi connectivity index (χ1v) is 6.66. The summed E-state index contributed by atoms with van der Waals surface area (Å²) in [6, 6.07) is 3.67. The third kappa shape index (κ3) is 2.92. The number of likely N-dealkylation sites (tertiary alicyclic amines) is 1. The fraction of sp³-hybridized carbons (Fsp3) is 0.429. The molecule has 0 bridgehead atoms. The molecule has 2 rings (SSSR count). The highest BCUT2D eigenvalue weighted by Crippen LogP contribution is 2.46. The second-order valence-corrected chi connectivity index (χ2v) is 5.41. The SMILES string of the molecule is O=C(c1ccccc1C(F)(F)F)N1CCC(C(=O)O)(C(F)(F)F)C1. The monoisotopic (exact) mass is 355 g/mol. The van der Waals surface area contributed by atoms with Crippen molar-refractivity contribution < 1.29 is 41.0 Å². The molecule has 1 fully saturated rings. The van der Waals surface area contributed by atoms with E-state index in [2.05, 4.69) is 0 Å². The summed E-state index contributed by atoms with van der Waals surface area (Å²) in [7, 11) is 0. The van der Waals surface area contributed by atoms with Gasteiger partial charge in [0.05, 0.1) is 11.1 Å². The Hall–Kier alpha value is -2.26. The van der Waals surface area contributed by atoms with Crippen molar-refractivity contribution >= 4 is 11.9 Å².